The average Bonchev–Trinajstić information content (AvgIpc) is 2.27. The third-order valence-electron chi connectivity index (χ3n) is 1.90. The highest BCUT2D eigenvalue weighted by molar-refractivity contribution is 5.27. The molecule has 0 saturated heterocycles. The Balaban J connectivity index is 2.48. The minimum absolute atomic E-state index is 0.0570. The van der Waals surface area contributed by atoms with Crippen molar-refractivity contribution in [2.75, 3.05) is 25.1 Å². The van der Waals surface area contributed by atoms with E-state index in [0.29, 0.717) is 19.1 Å². The van der Waals surface area contributed by atoms with E-state index in [4.69, 9.17) is 9.47 Å². The standard InChI is InChI=1S/C12H20FN3O2/c1-5-14-11-15-8-9(13)10(16-11)17-6-7-18-12(2,3)4/h8H,5-7H2,1-4H3,(H,14,15,16). The van der Waals surface area contributed by atoms with Crippen LogP contribution >= 0.6 is 0 Å². The Morgan fingerprint density at radius 2 is 2.06 bits per heavy atom. The third-order valence-corrected chi connectivity index (χ3v) is 1.90. The molecule has 1 N–H and O–H groups in total. The maximum Gasteiger partial charge on any atom is 0.255 e. The van der Waals surface area contributed by atoms with Crippen molar-refractivity contribution in [2.24, 2.45) is 0 Å². The predicted octanol–water partition coefficient (Wildman–Crippen LogP) is 2.24. The zero-order valence-electron chi connectivity index (χ0n) is 11.3. The number of nitrogens with zero attached hydrogens (tertiary/aromatic N) is 2. The van der Waals surface area contributed by atoms with E-state index in [1.807, 2.05) is 27.7 Å². The molecule has 0 aliphatic heterocycles. The second-order valence-corrected chi connectivity index (χ2v) is 4.69. The summed E-state index contributed by atoms with van der Waals surface area (Å²) in [6.45, 7) is 9.04. The molecular weight excluding hydrogens is 237 g/mol. The van der Waals surface area contributed by atoms with E-state index in [2.05, 4.69) is 15.3 Å². The van der Waals surface area contributed by atoms with Crippen LogP contribution in [0.15, 0.2) is 6.20 Å². The summed E-state index contributed by atoms with van der Waals surface area (Å²) in [4.78, 5) is 7.71. The van der Waals surface area contributed by atoms with Gasteiger partial charge >= 0.3 is 0 Å². The molecule has 0 unspecified atom stereocenters. The topological polar surface area (TPSA) is 56.3 Å². The molecule has 0 fully saturated rings. The third kappa shape index (κ3) is 5.27. The van der Waals surface area contributed by atoms with Gasteiger partial charge in [-0.25, -0.2) is 4.98 Å². The van der Waals surface area contributed by atoms with E-state index >= 15 is 0 Å². The summed E-state index contributed by atoms with van der Waals surface area (Å²) in [7, 11) is 0. The second kappa shape index (κ2) is 6.49. The summed E-state index contributed by atoms with van der Waals surface area (Å²) in [5.74, 6) is -0.281. The SMILES string of the molecule is CCNc1ncc(F)c(OCCOC(C)(C)C)n1. The lowest BCUT2D eigenvalue weighted by Crippen LogP contribution is -2.22. The Hall–Kier alpha value is -1.43. The molecule has 1 aromatic heterocycles. The molecule has 0 bridgehead atoms. The maximum absolute atomic E-state index is 13.4. The van der Waals surface area contributed by atoms with Crippen LogP contribution < -0.4 is 10.1 Å². The highest BCUT2D eigenvalue weighted by Gasteiger charge is 2.11. The molecule has 0 spiro atoms. The Morgan fingerprint density at radius 3 is 2.67 bits per heavy atom. The van der Waals surface area contributed by atoms with E-state index in [1.54, 1.807) is 0 Å². The summed E-state index contributed by atoms with van der Waals surface area (Å²) in [5, 5.41) is 2.89. The van der Waals surface area contributed by atoms with Crippen molar-refractivity contribution in [3.8, 4) is 5.88 Å². The lowest BCUT2D eigenvalue weighted by atomic mass is 10.2. The number of hydrogen-bond donors (Lipinski definition) is 1. The molecule has 0 radical (unpaired) electrons. The first-order chi connectivity index (χ1) is 8.42. The van der Waals surface area contributed by atoms with Crippen LogP contribution in [0.1, 0.15) is 27.7 Å². The zero-order chi connectivity index (χ0) is 13.6. The van der Waals surface area contributed by atoms with Crippen molar-refractivity contribution < 1.29 is 13.9 Å². The van der Waals surface area contributed by atoms with Crippen molar-refractivity contribution >= 4 is 5.95 Å². The van der Waals surface area contributed by atoms with Gasteiger partial charge in [0.2, 0.25) is 11.8 Å². The molecule has 0 aromatic carbocycles. The molecule has 1 aromatic rings. The molecule has 102 valence electrons. The molecule has 1 heterocycles. The van der Waals surface area contributed by atoms with Gasteiger partial charge in [0.25, 0.3) is 5.88 Å². The van der Waals surface area contributed by atoms with Crippen molar-refractivity contribution in [1.82, 2.24) is 9.97 Å². The fourth-order valence-corrected chi connectivity index (χ4v) is 1.18. The Bertz CT molecular complexity index is 380. The van der Waals surface area contributed by atoms with Crippen LogP contribution in [0.25, 0.3) is 0 Å². The van der Waals surface area contributed by atoms with Gasteiger partial charge in [-0.2, -0.15) is 9.37 Å². The van der Waals surface area contributed by atoms with E-state index in [0.717, 1.165) is 6.20 Å². The van der Waals surface area contributed by atoms with Gasteiger partial charge in [-0.05, 0) is 27.7 Å². The summed E-state index contributed by atoms with van der Waals surface area (Å²) >= 11 is 0. The van der Waals surface area contributed by atoms with Gasteiger partial charge in [0.15, 0.2) is 0 Å². The largest absolute Gasteiger partial charge is 0.473 e. The van der Waals surface area contributed by atoms with Gasteiger partial charge in [0, 0.05) is 6.54 Å². The summed E-state index contributed by atoms with van der Waals surface area (Å²) in [6, 6.07) is 0. The van der Waals surface area contributed by atoms with E-state index in [1.165, 1.54) is 0 Å². The number of aromatic nitrogens is 2. The molecule has 1 rings (SSSR count). The molecule has 0 aliphatic rings. The number of nitrogens with one attached hydrogen (secondary N) is 1. The lowest BCUT2D eigenvalue weighted by Gasteiger charge is -2.19. The summed E-state index contributed by atoms with van der Waals surface area (Å²) in [6.07, 6.45) is 1.09. The van der Waals surface area contributed by atoms with Crippen LogP contribution in [-0.4, -0.2) is 35.3 Å². The van der Waals surface area contributed by atoms with Crippen LogP contribution in [-0.2, 0) is 4.74 Å². The minimum atomic E-state index is -0.576. The van der Waals surface area contributed by atoms with Crippen molar-refractivity contribution in [1.29, 1.82) is 0 Å². The quantitative estimate of drug-likeness (QED) is 0.792. The zero-order valence-corrected chi connectivity index (χ0v) is 11.3. The van der Waals surface area contributed by atoms with Gasteiger partial charge in [0.05, 0.1) is 18.4 Å². The fourth-order valence-electron chi connectivity index (χ4n) is 1.18. The first-order valence-corrected chi connectivity index (χ1v) is 5.95. The monoisotopic (exact) mass is 257 g/mol. The number of halogens is 1. The maximum atomic E-state index is 13.4. The fraction of sp³-hybridized carbons (Fsp3) is 0.667. The Labute approximate surface area is 107 Å². The van der Waals surface area contributed by atoms with Crippen LogP contribution in [0.3, 0.4) is 0 Å². The number of ether oxygens (including phenoxy) is 2. The van der Waals surface area contributed by atoms with E-state index in [9.17, 15) is 4.39 Å². The van der Waals surface area contributed by atoms with Crippen molar-refractivity contribution in [3.63, 3.8) is 0 Å². The normalized spacial score (nSPS) is 11.4. The van der Waals surface area contributed by atoms with E-state index < -0.39 is 5.82 Å². The van der Waals surface area contributed by atoms with Crippen molar-refractivity contribution in [3.05, 3.63) is 12.0 Å². The Morgan fingerprint density at radius 1 is 1.33 bits per heavy atom. The molecule has 18 heavy (non-hydrogen) atoms. The first kappa shape index (κ1) is 14.6. The van der Waals surface area contributed by atoms with Gasteiger partial charge in [-0.1, -0.05) is 0 Å². The number of rotatable bonds is 6. The summed E-state index contributed by atoms with van der Waals surface area (Å²) in [5.41, 5.74) is -0.234. The van der Waals surface area contributed by atoms with Crippen LogP contribution in [0.4, 0.5) is 10.3 Å². The Kier molecular flexibility index (Phi) is 5.27. The highest BCUT2D eigenvalue weighted by atomic mass is 19.1. The van der Waals surface area contributed by atoms with Crippen molar-refractivity contribution in [2.45, 2.75) is 33.3 Å². The van der Waals surface area contributed by atoms with Gasteiger partial charge in [0.1, 0.15) is 6.61 Å². The van der Waals surface area contributed by atoms with Crippen LogP contribution in [0.2, 0.25) is 0 Å². The molecular formula is C12H20FN3O2. The van der Waals surface area contributed by atoms with Gasteiger partial charge < -0.3 is 14.8 Å². The van der Waals surface area contributed by atoms with Gasteiger partial charge in [-0.3, -0.25) is 0 Å². The number of hydrogen-bond acceptors (Lipinski definition) is 5. The molecule has 6 heteroatoms. The highest BCUT2D eigenvalue weighted by Crippen LogP contribution is 2.14. The second-order valence-electron chi connectivity index (χ2n) is 4.69. The molecule has 0 aliphatic carbocycles. The smallest absolute Gasteiger partial charge is 0.255 e. The molecule has 0 saturated carbocycles. The lowest BCUT2D eigenvalue weighted by molar-refractivity contribution is -0.0172. The summed E-state index contributed by atoms with van der Waals surface area (Å²) < 4.78 is 24.0. The van der Waals surface area contributed by atoms with Crippen LogP contribution in [0.5, 0.6) is 5.88 Å². The minimum Gasteiger partial charge on any atom is -0.473 e. The molecule has 0 atom stereocenters. The molecule has 5 nitrogen and oxygen atoms in total. The first-order valence-electron chi connectivity index (χ1n) is 5.95. The van der Waals surface area contributed by atoms with Gasteiger partial charge in [-0.15, -0.1) is 0 Å². The predicted molar refractivity (Wildman–Crippen MR) is 67.4 cm³/mol. The average molecular weight is 257 g/mol. The molecule has 0 amide bonds. The number of anilines is 1. The van der Waals surface area contributed by atoms with E-state index in [-0.39, 0.29) is 18.1 Å². The van der Waals surface area contributed by atoms with Crippen LogP contribution in [0, 0.1) is 5.82 Å².